The highest BCUT2D eigenvalue weighted by molar-refractivity contribution is 7.89. The second-order valence-electron chi connectivity index (χ2n) is 7.59. The van der Waals surface area contributed by atoms with Gasteiger partial charge in [0.05, 0.1) is 11.4 Å². The molecule has 166 valence electrons. The van der Waals surface area contributed by atoms with E-state index in [2.05, 4.69) is 0 Å². The Hall–Kier alpha value is -2.42. The van der Waals surface area contributed by atoms with Crippen LogP contribution in [0, 0.1) is 5.92 Å². The number of nitrogens with zero attached hydrogens (tertiary/aromatic N) is 2. The lowest BCUT2D eigenvalue weighted by Crippen LogP contribution is -2.47. The Labute approximate surface area is 187 Å². The average molecular weight is 464 g/mol. The molecule has 1 aliphatic heterocycles. The number of carbonyl (C=O) groups is 2. The summed E-state index contributed by atoms with van der Waals surface area (Å²) in [6.07, 6.45) is 1.47. The molecule has 0 aliphatic carbocycles. The van der Waals surface area contributed by atoms with E-state index in [1.807, 2.05) is 30.3 Å². The maximum Gasteiger partial charge on any atom is 0.243 e. The van der Waals surface area contributed by atoms with E-state index < -0.39 is 10.0 Å². The van der Waals surface area contributed by atoms with Crippen molar-refractivity contribution >= 4 is 33.4 Å². The normalized spacial score (nSPS) is 15.2. The van der Waals surface area contributed by atoms with Crippen molar-refractivity contribution in [3.8, 4) is 0 Å². The number of primary amides is 1. The highest BCUT2D eigenvalue weighted by Crippen LogP contribution is 2.21. The van der Waals surface area contributed by atoms with Gasteiger partial charge in [-0.05, 0) is 49.1 Å². The fourth-order valence-corrected chi connectivity index (χ4v) is 5.12. The van der Waals surface area contributed by atoms with Crippen LogP contribution in [0.1, 0.15) is 18.4 Å². The standard InChI is InChI=1S/C22H26ClN3O4S/c23-19-6-8-20(9-7-19)31(29,30)26(15-10-17-4-2-1-3-5-17)16-21(27)25-13-11-18(12-14-25)22(24)28/h1-9,18H,10-16H2,(H2,24,28). The van der Waals surface area contributed by atoms with Gasteiger partial charge < -0.3 is 10.6 Å². The minimum atomic E-state index is -3.89. The van der Waals surface area contributed by atoms with Crippen LogP contribution in [0.25, 0.3) is 0 Å². The van der Waals surface area contributed by atoms with Crippen LogP contribution in [0.4, 0.5) is 0 Å². The van der Waals surface area contributed by atoms with Crippen LogP contribution in [0.3, 0.4) is 0 Å². The van der Waals surface area contributed by atoms with Gasteiger partial charge in [-0.25, -0.2) is 8.42 Å². The number of sulfonamides is 1. The Morgan fingerprint density at radius 1 is 1.03 bits per heavy atom. The number of likely N-dealkylation sites (tertiary alicyclic amines) is 1. The molecule has 2 amide bonds. The van der Waals surface area contributed by atoms with Crippen LogP contribution >= 0.6 is 11.6 Å². The van der Waals surface area contributed by atoms with Crippen molar-refractivity contribution < 1.29 is 18.0 Å². The Balaban J connectivity index is 1.76. The number of amides is 2. The summed E-state index contributed by atoms with van der Waals surface area (Å²) >= 11 is 5.90. The lowest BCUT2D eigenvalue weighted by Gasteiger charge is -2.32. The smallest absolute Gasteiger partial charge is 0.243 e. The third-order valence-electron chi connectivity index (χ3n) is 5.51. The van der Waals surface area contributed by atoms with Crippen LogP contribution < -0.4 is 5.73 Å². The zero-order valence-electron chi connectivity index (χ0n) is 17.1. The molecule has 0 unspecified atom stereocenters. The summed E-state index contributed by atoms with van der Waals surface area (Å²) in [6, 6.07) is 15.4. The minimum absolute atomic E-state index is 0.0881. The molecule has 2 aromatic rings. The predicted molar refractivity (Wildman–Crippen MR) is 119 cm³/mol. The van der Waals surface area contributed by atoms with E-state index in [0.717, 1.165) is 5.56 Å². The van der Waals surface area contributed by atoms with Crippen molar-refractivity contribution in [2.45, 2.75) is 24.2 Å². The van der Waals surface area contributed by atoms with Gasteiger partial charge in [0.15, 0.2) is 0 Å². The molecule has 0 radical (unpaired) electrons. The number of benzene rings is 2. The molecule has 9 heteroatoms. The van der Waals surface area contributed by atoms with Crippen molar-refractivity contribution in [2.24, 2.45) is 11.7 Å². The van der Waals surface area contributed by atoms with E-state index in [9.17, 15) is 18.0 Å². The number of piperidine rings is 1. The monoisotopic (exact) mass is 463 g/mol. The first-order chi connectivity index (χ1) is 14.8. The molecule has 2 N–H and O–H groups in total. The fourth-order valence-electron chi connectivity index (χ4n) is 3.60. The van der Waals surface area contributed by atoms with Gasteiger partial charge in [-0.1, -0.05) is 41.9 Å². The summed E-state index contributed by atoms with van der Waals surface area (Å²) in [4.78, 5) is 26.0. The van der Waals surface area contributed by atoms with Gasteiger partial charge >= 0.3 is 0 Å². The van der Waals surface area contributed by atoms with E-state index >= 15 is 0 Å². The second-order valence-corrected chi connectivity index (χ2v) is 9.96. The van der Waals surface area contributed by atoms with Crippen molar-refractivity contribution in [1.29, 1.82) is 0 Å². The van der Waals surface area contributed by atoms with Crippen LogP contribution in [-0.4, -0.2) is 55.6 Å². The molecule has 1 heterocycles. The van der Waals surface area contributed by atoms with Crippen molar-refractivity contribution in [3.05, 3.63) is 65.2 Å². The lowest BCUT2D eigenvalue weighted by molar-refractivity contribution is -0.135. The molecule has 0 saturated carbocycles. The average Bonchev–Trinajstić information content (AvgIpc) is 2.77. The molecule has 1 saturated heterocycles. The fraction of sp³-hybridized carbons (Fsp3) is 0.364. The molecule has 1 fully saturated rings. The van der Waals surface area contributed by atoms with Gasteiger partial charge in [-0.3, -0.25) is 9.59 Å². The third kappa shape index (κ3) is 6.06. The molecular formula is C22H26ClN3O4S. The van der Waals surface area contributed by atoms with Crippen molar-refractivity contribution in [1.82, 2.24) is 9.21 Å². The van der Waals surface area contributed by atoms with E-state index in [-0.39, 0.29) is 35.7 Å². The third-order valence-corrected chi connectivity index (χ3v) is 7.62. The number of nitrogens with two attached hydrogens (primary N) is 1. The van der Waals surface area contributed by atoms with Gasteiger partial charge in [-0.2, -0.15) is 4.31 Å². The summed E-state index contributed by atoms with van der Waals surface area (Å²) in [6.45, 7) is 0.678. The number of halogens is 1. The number of hydrogen-bond acceptors (Lipinski definition) is 4. The highest BCUT2D eigenvalue weighted by Gasteiger charge is 2.31. The van der Waals surface area contributed by atoms with Crippen molar-refractivity contribution in [2.75, 3.05) is 26.2 Å². The largest absolute Gasteiger partial charge is 0.369 e. The Morgan fingerprint density at radius 3 is 2.23 bits per heavy atom. The first kappa shape index (κ1) is 23.2. The van der Waals surface area contributed by atoms with Gasteiger partial charge in [0.1, 0.15) is 0 Å². The predicted octanol–water partition coefficient (Wildman–Crippen LogP) is 2.30. The maximum atomic E-state index is 13.3. The Kier molecular flexibility index (Phi) is 7.69. The number of carbonyl (C=O) groups excluding carboxylic acids is 2. The van der Waals surface area contributed by atoms with E-state index in [0.29, 0.717) is 37.4 Å². The van der Waals surface area contributed by atoms with E-state index in [1.165, 1.54) is 28.6 Å². The van der Waals surface area contributed by atoms with Crippen LogP contribution in [0.2, 0.25) is 5.02 Å². The zero-order valence-corrected chi connectivity index (χ0v) is 18.7. The molecule has 0 atom stereocenters. The van der Waals surface area contributed by atoms with Gasteiger partial charge in [0.25, 0.3) is 0 Å². The van der Waals surface area contributed by atoms with Gasteiger partial charge in [0.2, 0.25) is 21.8 Å². The molecule has 7 nitrogen and oxygen atoms in total. The summed E-state index contributed by atoms with van der Waals surface area (Å²) in [5.41, 5.74) is 6.34. The zero-order chi connectivity index (χ0) is 22.4. The minimum Gasteiger partial charge on any atom is -0.369 e. The lowest BCUT2D eigenvalue weighted by atomic mass is 9.96. The molecule has 2 aromatic carbocycles. The molecule has 0 bridgehead atoms. The van der Waals surface area contributed by atoms with Gasteiger partial charge in [0, 0.05) is 30.6 Å². The maximum absolute atomic E-state index is 13.3. The summed E-state index contributed by atoms with van der Waals surface area (Å²) in [5.74, 6) is -0.883. The molecule has 31 heavy (non-hydrogen) atoms. The molecule has 1 aliphatic rings. The summed E-state index contributed by atoms with van der Waals surface area (Å²) < 4.78 is 27.8. The molecule has 0 aromatic heterocycles. The van der Waals surface area contributed by atoms with E-state index in [1.54, 1.807) is 4.90 Å². The van der Waals surface area contributed by atoms with Crippen LogP contribution in [0.15, 0.2) is 59.5 Å². The van der Waals surface area contributed by atoms with Crippen LogP contribution in [-0.2, 0) is 26.0 Å². The summed E-state index contributed by atoms with van der Waals surface area (Å²) in [5, 5.41) is 0.434. The van der Waals surface area contributed by atoms with Crippen LogP contribution in [0.5, 0.6) is 0 Å². The second kappa shape index (κ2) is 10.3. The number of rotatable bonds is 8. The Bertz CT molecular complexity index is 1000. The number of hydrogen-bond donors (Lipinski definition) is 1. The molecular weight excluding hydrogens is 438 g/mol. The first-order valence-electron chi connectivity index (χ1n) is 10.1. The first-order valence-corrected chi connectivity index (χ1v) is 12.0. The Morgan fingerprint density at radius 2 is 1.65 bits per heavy atom. The summed E-state index contributed by atoms with van der Waals surface area (Å²) in [7, 11) is -3.89. The highest BCUT2D eigenvalue weighted by atomic mass is 35.5. The van der Waals surface area contributed by atoms with E-state index in [4.69, 9.17) is 17.3 Å². The molecule has 3 rings (SSSR count). The van der Waals surface area contributed by atoms with Gasteiger partial charge in [-0.15, -0.1) is 0 Å². The SMILES string of the molecule is NC(=O)C1CCN(C(=O)CN(CCc2ccccc2)S(=O)(=O)c2ccc(Cl)cc2)CC1. The topological polar surface area (TPSA) is 101 Å². The quantitative estimate of drug-likeness (QED) is 0.649. The molecule has 0 spiro atoms. The van der Waals surface area contributed by atoms with Crippen molar-refractivity contribution in [3.63, 3.8) is 0 Å².